The lowest BCUT2D eigenvalue weighted by atomic mass is 10.6. The molecule has 0 spiro atoms. The second-order valence-electron chi connectivity index (χ2n) is 1.22. The molecule has 0 unspecified atom stereocenters. The summed E-state index contributed by atoms with van der Waals surface area (Å²) in [7, 11) is 0.611. The second kappa shape index (κ2) is 6.94. The van der Waals surface area contributed by atoms with Gasteiger partial charge in [-0.05, 0) is 0 Å². The molecule has 0 radical (unpaired) electrons. The van der Waals surface area contributed by atoms with Crippen LogP contribution in [-0.4, -0.2) is 36.6 Å². The van der Waals surface area contributed by atoms with E-state index in [0.717, 1.165) is 26.4 Å². The van der Waals surface area contributed by atoms with Gasteiger partial charge in [-0.3, -0.25) is 0 Å². The summed E-state index contributed by atoms with van der Waals surface area (Å²) in [5.74, 6) is 0. The zero-order valence-electron chi connectivity index (χ0n) is 4.76. The van der Waals surface area contributed by atoms with Crippen LogP contribution in [0, 0.1) is 0 Å². The Labute approximate surface area is 51.5 Å². The fourth-order valence-electron chi connectivity index (χ4n) is 0.440. The smallest absolute Gasteiger partial charge is 0.245 e. The molecule has 0 aromatic carbocycles. The van der Waals surface area contributed by atoms with Gasteiger partial charge in [-0.15, -0.1) is 0 Å². The summed E-state index contributed by atoms with van der Waals surface area (Å²) in [6, 6.07) is 0. The highest BCUT2D eigenvalue weighted by Crippen LogP contribution is 1.85. The maximum atomic E-state index is 8.28. The minimum Gasteiger partial charge on any atom is -0.396 e. The molecule has 1 saturated heterocycles. The largest absolute Gasteiger partial charge is 0.396 e. The summed E-state index contributed by atoms with van der Waals surface area (Å²) in [5, 5.41) is 0. The highest BCUT2D eigenvalue weighted by atomic mass is 28.1. The molecule has 0 atom stereocenters. The van der Waals surface area contributed by atoms with E-state index in [-0.39, 0.29) is 0 Å². The molecular weight excluding hydrogens is 124 g/mol. The van der Waals surface area contributed by atoms with Crippen LogP contribution in [0.3, 0.4) is 0 Å². The number of rotatable bonds is 0. The van der Waals surface area contributed by atoms with E-state index in [2.05, 4.69) is 0 Å². The molecule has 0 aliphatic carbocycles. The zero-order valence-corrected chi connectivity index (χ0v) is 6.17. The highest BCUT2D eigenvalue weighted by molar-refractivity contribution is 5.85. The van der Waals surface area contributed by atoms with Gasteiger partial charge in [0.05, 0.1) is 26.4 Å². The lowest BCUT2D eigenvalue weighted by molar-refractivity contribution is -0.0334. The Morgan fingerprint density at radius 1 is 0.875 bits per heavy atom. The second-order valence-corrected chi connectivity index (χ2v) is 1.22. The van der Waals surface area contributed by atoms with Crippen LogP contribution in [0.1, 0.15) is 0 Å². The zero-order chi connectivity index (χ0) is 6.24. The van der Waals surface area contributed by atoms with Gasteiger partial charge in [-0.2, -0.15) is 0 Å². The predicted molar refractivity (Wildman–Crippen MR) is 30.9 cm³/mol. The summed E-state index contributed by atoms with van der Waals surface area (Å²) in [6.07, 6.45) is 0. The fraction of sp³-hybridized carbons (Fsp3) is 1.00. The topological polar surface area (TPSA) is 35.5 Å². The van der Waals surface area contributed by atoms with Gasteiger partial charge in [0.25, 0.3) is 0 Å². The maximum absolute atomic E-state index is 8.28. The van der Waals surface area contributed by atoms with Gasteiger partial charge in [0.1, 0.15) is 0 Å². The van der Waals surface area contributed by atoms with Crippen molar-refractivity contribution < 1.29 is 13.9 Å². The van der Waals surface area contributed by atoms with E-state index in [1.165, 1.54) is 0 Å². The molecule has 0 bridgehead atoms. The highest BCUT2D eigenvalue weighted by Gasteiger charge is 1.94. The minimum absolute atomic E-state index is 0.611. The van der Waals surface area contributed by atoms with Crippen LogP contribution in [0.2, 0.25) is 0 Å². The summed E-state index contributed by atoms with van der Waals surface area (Å²) >= 11 is 0. The molecule has 0 N–H and O–H groups in total. The van der Waals surface area contributed by atoms with Crippen LogP contribution in [-0.2, 0) is 13.9 Å². The van der Waals surface area contributed by atoms with E-state index in [4.69, 9.17) is 13.9 Å². The third kappa shape index (κ3) is 4.11. The average molecular weight is 134 g/mol. The van der Waals surface area contributed by atoms with Gasteiger partial charge < -0.3 is 13.9 Å². The van der Waals surface area contributed by atoms with Crippen LogP contribution >= 0.6 is 0 Å². The van der Waals surface area contributed by atoms with Gasteiger partial charge >= 0.3 is 0 Å². The van der Waals surface area contributed by atoms with Crippen molar-refractivity contribution in [2.75, 3.05) is 26.4 Å². The Bertz CT molecular complexity index is 35.0. The SMILES string of the molecule is C1COCCO1.O=[SiH2]. The van der Waals surface area contributed by atoms with Crippen molar-refractivity contribution >= 4 is 10.1 Å². The molecule has 48 valence electrons. The van der Waals surface area contributed by atoms with Crippen molar-refractivity contribution in [3.63, 3.8) is 0 Å². The Hall–Kier alpha value is -0.0631. The van der Waals surface area contributed by atoms with Crippen molar-refractivity contribution in [2.45, 2.75) is 0 Å². The summed E-state index contributed by atoms with van der Waals surface area (Å²) in [4.78, 5) is 0. The van der Waals surface area contributed by atoms with Crippen molar-refractivity contribution in [3.8, 4) is 0 Å². The van der Waals surface area contributed by atoms with Crippen LogP contribution in [0.25, 0.3) is 0 Å². The van der Waals surface area contributed by atoms with E-state index in [1.807, 2.05) is 0 Å². The van der Waals surface area contributed by atoms with Crippen LogP contribution < -0.4 is 0 Å². The van der Waals surface area contributed by atoms with Gasteiger partial charge in [-0.25, -0.2) is 0 Å². The number of hydrogen-bond donors (Lipinski definition) is 0. The molecule has 4 heteroatoms. The third-order valence-electron chi connectivity index (χ3n) is 0.744. The standard InChI is InChI=1S/C4H8O2.H2OSi/c1-2-6-4-3-5-1;1-2/h1-4H2;2H2. The first-order chi connectivity index (χ1) is 4.00. The molecule has 1 rings (SSSR count). The van der Waals surface area contributed by atoms with Crippen molar-refractivity contribution in [2.24, 2.45) is 0 Å². The normalized spacial score (nSPS) is 18.5. The molecule has 8 heavy (non-hydrogen) atoms. The number of hydrogen-bond acceptors (Lipinski definition) is 3. The lowest BCUT2D eigenvalue weighted by Crippen LogP contribution is -2.16. The Balaban J connectivity index is 0.000000222. The predicted octanol–water partition coefficient (Wildman–Crippen LogP) is -1.00. The molecule has 1 aliphatic rings. The summed E-state index contributed by atoms with van der Waals surface area (Å²) in [5.41, 5.74) is 0. The molecule has 1 heterocycles. The molecule has 0 aromatic rings. The van der Waals surface area contributed by atoms with E-state index < -0.39 is 0 Å². The monoisotopic (exact) mass is 134 g/mol. The first-order valence-electron chi connectivity index (χ1n) is 2.44. The van der Waals surface area contributed by atoms with Gasteiger partial charge in [0, 0.05) is 0 Å². The lowest BCUT2D eigenvalue weighted by Gasteiger charge is -2.09. The Kier molecular flexibility index (Phi) is 6.88. The van der Waals surface area contributed by atoms with E-state index >= 15 is 0 Å². The van der Waals surface area contributed by atoms with Crippen molar-refractivity contribution in [1.29, 1.82) is 0 Å². The maximum Gasteiger partial charge on any atom is 0.245 e. The van der Waals surface area contributed by atoms with E-state index in [9.17, 15) is 0 Å². The van der Waals surface area contributed by atoms with Crippen LogP contribution in [0.4, 0.5) is 0 Å². The summed E-state index contributed by atoms with van der Waals surface area (Å²) < 4.78 is 18.2. The van der Waals surface area contributed by atoms with Gasteiger partial charge in [0.15, 0.2) is 0 Å². The average Bonchev–Trinajstić information content (AvgIpc) is 1.96. The van der Waals surface area contributed by atoms with Crippen molar-refractivity contribution in [1.82, 2.24) is 0 Å². The van der Waals surface area contributed by atoms with Crippen LogP contribution in [0.5, 0.6) is 0 Å². The Morgan fingerprint density at radius 3 is 1.25 bits per heavy atom. The minimum atomic E-state index is 0.611. The molecule has 0 aromatic heterocycles. The summed E-state index contributed by atoms with van der Waals surface area (Å²) in [6.45, 7) is 3.11. The molecule has 1 fully saturated rings. The molecule has 1 aliphatic heterocycles. The van der Waals surface area contributed by atoms with E-state index in [0.29, 0.717) is 10.1 Å². The molecule has 0 amide bonds. The first kappa shape index (κ1) is 7.94. The van der Waals surface area contributed by atoms with E-state index in [1.54, 1.807) is 0 Å². The molecular formula is C4H10O3Si. The van der Waals surface area contributed by atoms with Crippen LogP contribution in [0.15, 0.2) is 0 Å². The molecule has 3 nitrogen and oxygen atoms in total. The number of ether oxygens (including phenoxy) is 2. The Morgan fingerprint density at radius 2 is 1.12 bits per heavy atom. The van der Waals surface area contributed by atoms with Gasteiger partial charge in [0.2, 0.25) is 10.1 Å². The first-order valence-corrected chi connectivity index (χ1v) is 3.02. The third-order valence-corrected chi connectivity index (χ3v) is 0.744. The quantitative estimate of drug-likeness (QED) is 0.399. The van der Waals surface area contributed by atoms with Crippen molar-refractivity contribution in [3.05, 3.63) is 0 Å². The fourth-order valence-corrected chi connectivity index (χ4v) is 0.440. The van der Waals surface area contributed by atoms with Gasteiger partial charge in [-0.1, -0.05) is 0 Å². The molecule has 0 saturated carbocycles.